The van der Waals surface area contributed by atoms with Crippen molar-refractivity contribution in [2.24, 2.45) is 0 Å². The largest absolute Gasteiger partial charge is 0.489 e. The molecule has 8 aromatic rings. The number of rotatable bonds is 27. The van der Waals surface area contributed by atoms with Crippen LogP contribution in [0.15, 0.2) is 88.8 Å². The molecule has 4 aromatic heterocycles. The number of ether oxygens (including phenoxy) is 5. The van der Waals surface area contributed by atoms with Crippen LogP contribution in [0.4, 0.5) is 4.39 Å². The van der Waals surface area contributed by atoms with Crippen molar-refractivity contribution in [2.75, 3.05) is 92.2 Å². The fraction of sp³-hybridized carbons (Fsp3) is 0.421. The predicted octanol–water partition coefficient (Wildman–Crippen LogP) is 9.45. The van der Waals surface area contributed by atoms with Crippen LogP contribution in [0.2, 0.25) is 0 Å². The SMILES string of the molecule is CCn1c2ccc(CNCCOCCOCCOCCC(=O)NCCOc3ccc(CCc4nc5cc(-c6c(C)noc6C)ccc5n4CCN4CCOCC4)cc3F)cc2c2ccc(-c3cc(C)cs3)cc21. The van der Waals surface area contributed by atoms with Crippen LogP contribution in [0.3, 0.4) is 0 Å². The Hall–Kier alpha value is -5.98. The van der Waals surface area contributed by atoms with Crippen molar-refractivity contribution < 1.29 is 37.4 Å². The average molecular weight is 1010 g/mol. The molecule has 5 heterocycles. The van der Waals surface area contributed by atoms with Gasteiger partial charge in [-0.1, -0.05) is 35.5 Å². The number of aryl methyl sites for hydroxylation is 6. The number of nitrogens with one attached hydrogen (secondary N) is 2. The van der Waals surface area contributed by atoms with Gasteiger partial charge in [-0.15, -0.1) is 11.3 Å². The number of thiophene rings is 1. The van der Waals surface area contributed by atoms with Gasteiger partial charge in [-0.25, -0.2) is 9.37 Å². The van der Waals surface area contributed by atoms with E-state index in [2.05, 4.69) is 110 Å². The Morgan fingerprint density at radius 2 is 1.53 bits per heavy atom. The van der Waals surface area contributed by atoms with Crippen LogP contribution in [0.25, 0.3) is 54.4 Å². The van der Waals surface area contributed by atoms with E-state index in [4.69, 9.17) is 33.2 Å². The maximum atomic E-state index is 15.3. The van der Waals surface area contributed by atoms with Gasteiger partial charge in [0.15, 0.2) is 11.6 Å². The Morgan fingerprint density at radius 3 is 2.30 bits per heavy atom. The standard InChI is InChI=1S/C57H68FN7O7S/c1-5-64-50-12-6-43(33-47(50)46-11-9-44(36-52(46)64)54-32-39(2)38-73-54)37-59-17-24-68-29-31-70-30-28-67-23-16-56(66)60-18-25-71-53-14-7-42(34-48(53)58)8-15-55-61-49-35-45(57-40(3)62-72-41(57)4)10-13-51(49)65(55)20-19-63-21-26-69-27-22-63/h6-7,9-14,32-36,38,59H,5,8,15-31,37H2,1-4H3,(H,60,66). The molecule has 4 aromatic carbocycles. The van der Waals surface area contributed by atoms with Crippen LogP contribution in [-0.2, 0) is 56.2 Å². The van der Waals surface area contributed by atoms with Gasteiger partial charge >= 0.3 is 0 Å². The van der Waals surface area contributed by atoms with Gasteiger partial charge in [0.2, 0.25) is 5.91 Å². The van der Waals surface area contributed by atoms with Crippen molar-refractivity contribution in [2.45, 2.75) is 66.6 Å². The summed E-state index contributed by atoms with van der Waals surface area (Å²) in [7, 11) is 0. The molecule has 0 atom stereocenters. The molecule has 1 amide bonds. The lowest BCUT2D eigenvalue weighted by atomic mass is 10.0. The summed E-state index contributed by atoms with van der Waals surface area (Å²) in [6.45, 7) is 18.6. The quantitative estimate of drug-likeness (QED) is 0.0477. The Bertz CT molecular complexity index is 3080. The first-order chi connectivity index (χ1) is 35.7. The molecule has 1 fully saturated rings. The first-order valence-corrected chi connectivity index (χ1v) is 26.5. The van der Waals surface area contributed by atoms with Crippen LogP contribution in [0, 0.1) is 26.6 Å². The molecule has 0 unspecified atom stereocenters. The van der Waals surface area contributed by atoms with E-state index < -0.39 is 5.82 Å². The van der Waals surface area contributed by atoms with E-state index in [-0.39, 0.29) is 37.8 Å². The molecule has 0 radical (unpaired) electrons. The summed E-state index contributed by atoms with van der Waals surface area (Å²) in [4.78, 5) is 21.2. The summed E-state index contributed by atoms with van der Waals surface area (Å²) >= 11 is 1.80. The van der Waals surface area contributed by atoms with Gasteiger partial charge in [0.25, 0.3) is 0 Å². The molecule has 1 aliphatic rings. The number of halogens is 1. The zero-order valence-corrected chi connectivity index (χ0v) is 43.4. The van der Waals surface area contributed by atoms with E-state index in [1.54, 1.807) is 17.4 Å². The third-order valence-electron chi connectivity index (χ3n) is 13.4. The maximum Gasteiger partial charge on any atom is 0.222 e. The highest BCUT2D eigenvalue weighted by Gasteiger charge is 2.19. The highest BCUT2D eigenvalue weighted by molar-refractivity contribution is 7.13. The second-order valence-electron chi connectivity index (χ2n) is 18.6. The minimum Gasteiger partial charge on any atom is -0.489 e. The van der Waals surface area contributed by atoms with E-state index in [9.17, 15) is 4.79 Å². The highest BCUT2D eigenvalue weighted by Crippen LogP contribution is 2.35. The van der Waals surface area contributed by atoms with Crippen LogP contribution in [0.1, 0.15) is 47.3 Å². The number of hydrogen-bond acceptors (Lipinski definition) is 12. The Morgan fingerprint density at radius 1 is 0.753 bits per heavy atom. The normalized spacial score (nSPS) is 13.3. The van der Waals surface area contributed by atoms with Crippen molar-refractivity contribution in [1.82, 2.24) is 34.8 Å². The number of nitrogens with zero attached hydrogens (tertiary/aromatic N) is 5. The van der Waals surface area contributed by atoms with Crippen LogP contribution >= 0.6 is 11.3 Å². The van der Waals surface area contributed by atoms with E-state index in [0.717, 1.165) is 104 Å². The van der Waals surface area contributed by atoms with E-state index in [1.165, 1.54) is 49.4 Å². The summed E-state index contributed by atoms with van der Waals surface area (Å²) in [5, 5.41) is 15.2. The van der Waals surface area contributed by atoms with Crippen LogP contribution < -0.4 is 15.4 Å². The number of morpholine rings is 1. The molecule has 2 N–H and O–H groups in total. The fourth-order valence-electron chi connectivity index (χ4n) is 9.67. The molecule has 0 aliphatic carbocycles. The van der Waals surface area contributed by atoms with Gasteiger partial charge in [0.1, 0.15) is 18.2 Å². The van der Waals surface area contributed by atoms with E-state index in [0.29, 0.717) is 45.9 Å². The molecule has 0 bridgehead atoms. The number of aromatic nitrogens is 4. The number of hydrogen-bond donors (Lipinski definition) is 2. The first-order valence-electron chi connectivity index (χ1n) is 25.7. The smallest absolute Gasteiger partial charge is 0.222 e. The molecule has 9 rings (SSSR count). The lowest BCUT2D eigenvalue weighted by Gasteiger charge is -2.27. The summed E-state index contributed by atoms with van der Waals surface area (Å²) in [6.07, 6.45) is 1.45. The van der Waals surface area contributed by atoms with Gasteiger partial charge in [-0.05, 0) is 116 Å². The molecule has 1 saturated heterocycles. The fourth-order valence-corrected chi connectivity index (χ4v) is 10.6. The molecule has 0 spiro atoms. The predicted molar refractivity (Wildman–Crippen MR) is 286 cm³/mol. The summed E-state index contributed by atoms with van der Waals surface area (Å²) < 4.78 is 53.7. The molecule has 1 aliphatic heterocycles. The number of amides is 1. The Labute approximate surface area is 430 Å². The number of fused-ring (bicyclic) bond motifs is 4. The second kappa shape index (κ2) is 25.3. The molecule has 73 heavy (non-hydrogen) atoms. The average Bonchev–Trinajstić information content (AvgIpc) is 4.17. The van der Waals surface area contributed by atoms with E-state index >= 15 is 4.39 Å². The minimum absolute atomic E-state index is 0.137. The number of benzene rings is 4. The summed E-state index contributed by atoms with van der Waals surface area (Å²) in [6, 6.07) is 27.3. The second-order valence-corrected chi connectivity index (χ2v) is 19.5. The lowest BCUT2D eigenvalue weighted by Crippen LogP contribution is -2.38. The van der Waals surface area contributed by atoms with Gasteiger partial charge in [0, 0.05) is 90.9 Å². The minimum atomic E-state index is -0.441. The van der Waals surface area contributed by atoms with Crippen molar-refractivity contribution in [3.8, 4) is 27.3 Å². The van der Waals surface area contributed by atoms with Crippen LogP contribution in [0.5, 0.6) is 5.75 Å². The first kappa shape index (κ1) is 51.9. The van der Waals surface area contributed by atoms with Crippen molar-refractivity contribution in [1.29, 1.82) is 0 Å². The molecular weight excluding hydrogens is 946 g/mol. The molecule has 386 valence electrons. The highest BCUT2D eigenvalue weighted by atomic mass is 32.1. The van der Waals surface area contributed by atoms with Gasteiger partial charge in [-0.3, -0.25) is 9.69 Å². The summed E-state index contributed by atoms with van der Waals surface area (Å²) in [5.41, 5.74) is 12.0. The third-order valence-corrected chi connectivity index (χ3v) is 14.5. The number of imidazole rings is 1. The third kappa shape index (κ3) is 13.2. The van der Waals surface area contributed by atoms with Crippen molar-refractivity contribution in [3.05, 3.63) is 124 Å². The van der Waals surface area contributed by atoms with Gasteiger partial charge in [-0.2, -0.15) is 0 Å². The summed E-state index contributed by atoms with van der Waals surface area (Å²) in [5.74, 6) is 1.27. The number of carbonyl (C=O) groups is 1. The number of carbonyl (C=O) groups excluding carboxylic acids is 1. The zero-order valence-electron chi connectivity index (χ0n) is 42.6. The molecule has 16 heteroatoms. The Balaban J connectivity index is 0.619. The molecule has 14 nitrogen and oxygen atoms in total. The molecule has 0 saturated carbocycles. The lowest BCUT2D eigenvalue weighted by molar-refractivity contribution is -0.122. The van der Waals surface area contributed by atoms with Crippen LogP contribution in [-0.4, -0.2) is 122 Å². The van der Waals surface area contributed by atoms with E-state index in [1.807, 2.05) is 19.9 Å². The van der Waals surface area contributed by atoms with Crippen molar-refractivity contribution in [3.63, 3.8) is 0 Å². The zero-order chi connectivity index (χ0) is 50.5. The monoisotopic (exact) mass is 1010 g/mol. The maximum absolute atomic E-state index is 15.3. The Kier molecular flexibility index (Phi) is 18.0. The molecular formula is C57H68FN7O7S. The topological polar surface area (TPSA) is 139 Å². The van der Waals surface area contributed by atoms with Gasteiger partial charge in [0.05, 0.1) is 76.1 Å². The van der Waals surface area contributed by atoms with Crippen molar-refractivity contribution >= 4 is 50.1 Å². The van der Waals surface area contributed by atoms with Gasteiger partial charge < -0.3 is 48.0 Å².